The molecule has 0 saturated heterocycles. The van der Waals surface area contributed by atoms with Crippen LogP contribution in [-0.4, -0.2) is 15.7 Å². The first kappa shape index (κ1) is 13.0. The standard InChI is InChI=1S/C16H18OS/c1-13-5-3-7-15(9-13)11-18(17)12-16-8-4-6-14(2)10-16/h3-8H,1-2,9-12H2. The van der Waals surface area contributed by atoms with Gasteiger partial charge in [0, 0.05) is 22.3 Å². The molecule has 0 aromatic heterocycles. The second-order valence-electron chi connectivity index (χ2n) is 4.77. The van der Waals surface area contributed by atoms with Gasteiger partial charge in [-0.3, -0.25) is 4.21 Å². The Labute approximate surface area is 111 Å². The lowest BCUT2D eigenvalue weighted by molar-refractivity contribution is 0.685. The van der Waals surface area contributed by atoms with Crippen molar-refractivity contribution in [3.63, 3.8) is 0 Å². The normalized spacial score (nSPS) is 19.2. The highest BCUT2D eigenvalue weighted by atomic mass is 32.2. The minimum Gasteiger partial charge on any atom is -0.259 e. The zero-order chi connectivity index (χ0) is 13.0. The second-order valence-corrected chi connectivity index (χ2v) is 6.22. The summed E-state index contributed by atoms with van der Waals surface area (Å²) in [5, 5.41) is 0. The van der Waals surface area contributed by atoms with Crippen molar-refractivity contribution >= 4 is 10.8 Å². The molecule has 0 atom stereocenters. The molecule has 0 bridgehead atoms. The van der Waals surface area contributed by atoms with Crippen molar-refractivity contribution in [3.8, 4) is 0 Å². The highest BCUT2D eigenvalue weighted by molar-refractivity contribution is 7.85. The van der Waals surface area contributed by atoms with Crippen LogP contribution in [0.2, 0.25) is 0 Å². The molecule has 2 aliphatic rings. The largest absolute Gasteiger partial charge is 0.259 e. The summed E-state index contributed by atoms with van der Waals surface area (Å²) in [4.78, 5) is 0. The van der Waals surface area contributed by atoms with E-state index in [9.17, 15) is 4.21 Å². The molecule has 0 radical (unpaired) electrons. The molecule has 2 rings (SSSR count). The Morgan fingerprint density at radius 2 is 1.39 bits per heavy atom. The molecule has 0 N–H and O–H groups in total. The molecule has 0 aliphatic heterocycles. The third-order valence-corrected chi connectivity index (χ3v) is 4.31. The van der Waals surface area contributed by atoms with E-state index in [0.29, 0.717) is 11.5 Å². The zero-order valence-electron chi connectivity index (χ0n) is 10.5. The predicted octanol–water partition coefficient (Wildman–Crippen LogP) is 3.62. The number of hydrogen-bond donors (Lipinski definition) is 0. The van der Waals surface area contributed by atoms with Crippen LogP contribution in [-0.2, 0) is 10.8 Å². The van der Waals surface area contributed by atoms with Gasteiger partial charge in [-0.15, -0.1) is 0 Å². The van der Waals surface area contributed by atoms with E-state index in [-0.39, 0.29) is 0 Å². The summed E-state index contributed by atoms with van der Waals surface area (Å²) < 4.78 is 12.1. The maximum absolute atomic E-state index is 12.1. The first-order valence-electron chi connectivity index (χ1n) is 6.06. The van der Waals surface area contributed by atoms with Gasteiger partial charge in [-0.25, -0.2) is 0 Å². The Balaban J connectivity index is 1.89. The van der Waals surface area contributed by atoms with E-state index in [1.807, 2.05) is 24.3 Å². The van der Waals surface area contributed by atoms with E-state index in [1.54, 1.807) is 0 Å². The molecule has 0 spiro atoms. The second kappa shape index (κ2) is 5.96. The molecule has 1 nitrogen and oxygen atoms in total. The van der Waals surface area contributed by atoms with Crippen molar-refractivity contribution in [1.82, 2.24) is 0 Å². The fourth-order valence-electron chi connectivity index (χ4n) is 2.12. The van der Waals surface area contributed by atoms with Crippen LogP contribution in [0.1, 0.15) is 12.8 Å². The zero-order valence-corrected chi connectivity index (χ0v) is 11.3. The summed E-state index contributed by atoms with van der Waals surface area (Å²) >= 11 is 0. The molecule has 0 unspecified atom stereocenters. The SMILES string of the molecule is C=C1C=CC=C(CS(=O)CC2=CC=CC(=C)C2)C1. The van der Waals surface area contributed by atoms with E-state index < -0.39 is 10.8 Å². The van der Waals surface area contributed by atoms with Crippen molar-refractivity contribution in [1.29, 1.82) is 0 Å². The van der Waals surface area contributed by atoms with E-state index in [1.165, 1.54) is 11.1 Å². The first-order chi connectivity index (χ1) is 8.63. The number of hydrogen-bond acceptors (Lipinski definition) is 1. The van der Waals surface area contributed by atoms with E-state index >= 15 is 0 Å². The Hall–Kier alpha value is -1.41. The van der Waals surface area contributed by atoms with Crippen LogP contribution in [0, 0.1) is 0 Å². The van der Waals surface area contributed by atoms with Gasteiger partial charge in [-0.1, -0.05) is 71.9 Å². The average molecular weight is 258 g/mol. The maximum atomic E-state index is 12.1. The summed E-state index contributed by atoms with van der Waals surface area (Å²) in [5.74, 6) is 1.30. The van der Waals surface area contributed by atoms with Gasteiger partial charge < -0.3 is 0 Å². The molecule has 18 heavy (non-hydrogen) atoms. The van der Waals surface area contributed by atoms with Crippen molar-refractivity contribution < 1.29 is 4.21 Å². The lowest BCUT2D eigenvalue weighted by atomic mass is 10.0. The molecule has 2 heteroatoms. The molecule has 0 fully saturated rings. The fourth-order valence-corrected chi connectivity index (χ4v) is 3.45. The van der Waals surface area contributed by atoms with Crippen LogP contribution in [0.15, 0.2) is 71.9 Å². The van der Waals surface area contributed by atoms with Crippen LogP contribution < -0.4 is 0 Å². The Morgan fingerprint density at radius 3 is 1.78 bits per heavy atom. The van der Waals surface area contributed by atoms with Crippen LogP contribution >= 0.6 is 0 Å². The third-order valence-electron chi connectivity index (χ3n) is 2.93. The van der Waals surface area contributed by atoms with E-state index in [2.05, 4.69) is 25.3 Å². The highest BCUT2D eigenvalue weighted by Gasteiger charge is 2.11. The van der Waals surface area contributed by atoms with Crippen molar-refractivity contribution in [3.05, 3.63) is 71.9 Å². The minimum atomic E-state index is -0.832. The van der Waals surface area contributed by atoms with Crippen molar-refractivity contribution in [2.45, 2.75) is 12.8 Å². The third kappa shape index (κ3) is 3.81. The van der Waals surface area contributed by atoms with Crippen LogP contribution in [0.25, 0.3) is 0 Å². The molecule has 94 valence electrons. The van der Waals surface area contributed by atoms with Crippen molar-refractivity contribution in [2.24, 2.45) is 0 Å². The monoisotopic (exact) mass is 258 g/mol. The first-order valence-corrected chi connectivity index (χ1v) is 7.55. The number of rotatable bonds is 4. The quantitative estimate of drug-likeness (QED) is 0.752. The number of allylic oxidation sites excluding steroid dienone is 8. The van der Waals surface area contributed by atoms with Gasteiger partial charge in [-0.2, -0.15) is 0 Å². The van der Waals surface area contributed by atoms with Crippen LogP contribution in [0.4, 0.5) is 0 Å². The summed E-state index contributed by atoms with van der Waals surface area (Å²) in [6.45, 7) is 7.88. The molecule has 0 aromatic rings. The van der Waals surface area contributed by atoms with Crippen LogP contribution in [0.5, 0.6) is 0 Å². The molecule has 2 aliphatic carbocycles. The van der Waals surface area contributed by atoms with Gasteiger partial charge in [-0.05, 0) is 12.8 Å². The van der Waals surface area contributed by atoms with Gasteiger partial charge in [0.1, 0.15) is 0 Å². The molecule has 0 aromatic carbocycles. The van der Waals surface area contributed by atoms with Gasteiger partial charge >= 0.3 is 0 Å². The smallest absolute Gasteiger partial charge is 0.0454 e. The lowest BCUT2D eigenvalue weighted by Crippen LogP contribution is -2.09. The van der Waals surface area contributed by atoms with Gasteiger partial charge in [0.15, 0.2) is 0 Å². The predicted molar refractivity (Wildman–Crippen MR) is 79.8 cm³/mol. The minimum absolute atomic E-state index is 0.650. The lowest BCUT2D eigenvalue weighted by Gasteiger charge is -2.13. The summed E-state index contributed by atoms with van der Waals surface area (Å²) in [7, 11) is -0.832. The van der Waals surface area contributed by atoms with E-state index in [4.69, 9.17) is 0 Å². The highest BCUT2D eigenvalue weighted by Crippen LogP contribution is 2.20. The summed E-state index contributed by atoms with van der Waals surface area (Å²) in [6.07, 6.45) is 13.8. The molecule has 0 amide bonds. The Kier molecular flexibility index (Phi) is 4.32. The maximum Gasteiger partial charge on any atom is 0.0454 e. The average Bonchev–Trinajstić information content (AvgIpc) is 2.28. The van der Waals surface area contributed by atoms with Gasteiger partial charge in [0.2, 0.25) is 0 Å². The summed E-state index contributed by atoms with van der Waals surface area (Å²) in [6, 6.07) is 0. The fraction of sp³-hybridized carbons (Fsp3) is 0.250. The molecular weight excluding hydrogens is 240 g/mol. The van der Waals surface area contributed by atoms with Gasteiger partial charge in [0.25, 0.3) is 0 Å². The topological polar surface area (TPSA) is 17.1 Å². The molecule has 0 saturated carbocycles. The molecular formula is C16H18OS. The Morgan fingerprint density at radius 1 is 0.944 bits per heavy atom. The van der Waals surface area contributed by atoms with Crippen molar-refractivity contribution in [2.75, 3.05) is 11.5 Å². The molecule has 0 heterocycles. The van der Waals surface area contributed by atoms with Gasteiger partial charge in [0.05, 0.1) is 0 Å². The summed E-state index contributed by atoms with van der Waals surface area (Å²) in [5.41, 5.74) is 4.62. The van der Waals surface area contributed by atoms with E-state index in [0.717, 1.165) is 24.0 Å². The Bertz CT molecular complexity index is 469. The van der Waals surface area contributed by atoms with Crippen LogP contribution in [0.3, 0.4) is 0 Å².